The quantitative estimate of drug-likeness (QED) is 0.907. The van der Waals surface area contributed by atoms with Crippen LogP contribution in [0.1, 0.15) is 54.5 Å². The van der Waals surface area contributed by atoms with Crippen molar-refractivity contribution in [3.63, 3.8) is 0 Å². The number of furan rings is 1. The Bertz CT molecular complexity index is 444. The molecule has 1 N–H and O–H groups in total. The highest BCUT2D eigenvalue weighted by Gasteiger charge is 2.23. The van der Waals surface area contributed by atoms with E-state index < -0.39 is 5.97 Å². The molecule has 2 rings (SSSR count). The fourth-order valence-electron chi connectivity index (χ4n) is 2.86. The zero-order valence-electron chi connectivity index (χ0n) is 12.0. The maximum Gasteiger partial charge on any atom is 0.371 e. The van der Waals surface area contributed by atoms with Crippen LogP contribution in [-0.4, -0.2) is 29.1 Å². The van der Waals surface area contributed by atoms with Gasteiger partial charge in [0.1, 0.15) is 5.76 Å². The molecule has 1 aliphatic carbocycles. The summed E-state index contributed by atoms with van der Waals surface area (Å²) in [7, 11) is 2.12. The van der Waals surface area contributed by atoms with Crippen molar-refractivity contribution in [1.82, 2.24) is 4.90 Å². The molecule has 0 spiro atoms. The van der Waals surface area contributed by atoms with Crippen LogP contribution in [-0.2, 0) is 6.54 Å². The summed E-state index contributed by atoms with van der Waals surface area (Å²) in [6, 6.07) is 2.26. The summed E-state index contributed by atoms with van der Waals surface area (Å²) in [4.78, 5) is 13.2. The summed E-state index contributed by atoms with van der Waals surface area (Å²) in [6.45, 7) is 4.91. The fraction of sp³-hybridized carbons (Fsp3) is 0.667. The predicted octanol–water partition coefficient (Wildman–Crippen LogP) is 3.30. The predicted molar refractivity (Wildman–Crippen MR) is 73.3 cm³/mol. The number of carbonyl (C=O) groups is 1. The van der Waals surface area contributed by atoms with Gasteiger partial charge in [-0.1, -0.05) is 6.92 Å². The van der Waals surface area contributed by atoms with Gasteiger partial charge in [-0.05, 0) is 51.6 Å². The Balaban J connectivity index is 1.98. The molecule has 0 aliphatic heterocycles. The number of aryl methyl sites for hydroxylation is 1. The number of hydrogen-bond acceptors (Lipinski definition) is 3. The van der Waals surface area contributed by atoms with Gasteiger partial charge in [0, 0.05) is 18.2 Å². The Hall–Kier alpha value is -1.29. The number of hydrogen-bond donors (Lipinski definition) is 1. The van der Waals surface area contributed by atoms with E-state index in [4.69, 9.17) is 9.52 Å². The zero-order chi connectivity index (χ0) is 14.0. The molecule has 0 atom stereocenters. The van der Waals surface area contributed by atoms with E-state index in [1.54, 1.807) is 6.07 Å². The van der Waals surface area contributed by atoms with Crippen LogP contribution < -0.4 is 0 Å². The van der Waals surface area contributed by atoms with Gasteiger partial charge >= 0.3 is 5.97 Å². The van der Waals surface area contributed by atoms with E-state index >= 15 is 0 Å². The lowest BCUT2D eigenvalue weighted by molar-refractivity contribution is 0.0661. The van der Waals surface area contributed by atoms with Crippen LogP contribution in [0.3, 0.4) is 0 Å². The van der Waals surface area contributed by atoms with E-state index in [1.807, 2.05) is 6.92 Å². The Kier molecular flexibility index (Phi) is 4.30. The first-order valence-electron chi connectivity index (χ1n) is 7.00. The molecular weight excluding hydrogens is 242 g/mol. The van der Waals surface area contributed by atoms with Crippen molar-refractivity contribution in [2.24, 2.45) is 5.92 Å². The number of nitrogens with zero attached hydrogens (tertiary/aromatic N) is 1. The lowest BCUT2D eigenvalue weighted by atomic mass is 9.86. The molecule has 1 saturated carbocycles. The maximum atomic E-state index is 10.9. The summed E-state index contributed by atoms with van der Waals surface area (Å²) in [5.41, 5.74) is 0.985. The molecule has 1 aliphatic rings. The lowest BCUT2D eigenvalue weighted by Crippen LogP contribution is -2.34. The van der Waals surface area contributed by atoms with Crippen LogP contribution in [0.15, 0.2) is 10.5 Å². The molecule has 1 aromatic heterocycles. The number of carboxylic acids is 1. The smallest absolute Gasteiger partial charge is 0.371 e. The second-order valence-corrected chi connectivity index (χ2v) is 5.83. The molecule has 0 aromatic carbocycles. The molecule has 1 aromatic rings. The van der Waals surface area contributed by atoms with Gasteiger partial charge in [0.2, 0.25) is 5.76 Å². The third kappa shape index (κ3) is 3.38. The van der Waals surface area contributed by atoms with E-state index in [9.17, 15) is 4.79 Å². The van der Waals surface area contributed by atoms with Crippen LogP contribution in [0.5, 0.6) is 0 Å². The van der Waals surface area contributed by atoms with Crippen LogP contribution in [0.25, 0.3) is 0 Å². The Morgan fingerprint density at radius 2 is 2.05 bits per heavy atom. The first kappa shape index (κ1) is 14.1. The van der Waals surface area contributed by atoms with Gasteiger partial charge in [-0.25, -0.2) is 4.79 Å². The average Bonchev–Trinajstić information content (AvgIpc) is 2.72. The summed E-state index contributed by atoms with van der Waals surface area (Å²) in [5, 5.41) is 8.93. The van der Waals surface area contributed by atoms with Crippen molar-refractivity contribution in [3.05, 3.63) is 23.2 Å². The van der Waals surface area contributed by atoms with Crippen LogP contribution in [0.4, 0.5) is 0 Å². The van der Waals surface area contributed by atoms with E-state index in [2.05, 4.69) is 18.9 Å². The van der Waals surface area contributed by atoms with E-state index in [0.717, 1.165) is 18.0 Å². The molecule has 0 saturated heterocycles. The van der Waals surface area contributed by atoms with Crippen molar-refractivity contribution < 1.29 is 14.3 Å². The molecular formula is C15H23NO3. The minimum absolute atomic E-state index is 0.0400. The van der Waals surface area contributed by atoms with Crippen LogP contribution in [0.2, 0.25) is 0 Å². The van der Waals surface area contributed by atoms with Crippen molar-refractivity contribution in [2.75, 3.05) is 7.05 Å². The fourth-order valence-corrected chi connectivity index (χ4v) is 2.86. The molecule has 4 nitrogen and oxygen atoms in total. The molecule has 0 radical (unpaired) electrons. The first-order chi connectivity index (χ1) is 8.97. The van der Waals surface area contributed by atoms with Gasteiger partial charge < -0.3 is 9.52 Å². The zero-order valence-corrected chi connectivity index (χ0v) is 12.0. The third-order valence-electron chi connectivity index (χ3n) is 4.26. The first-order valence-corrected chi connectivity index (χ1v) is 7.00. The van der Waals surface area contributed by atoms with Crippen molar-refractivity contribution in [1.29, 1.82) is 0 Å². The Morgan fingerprint density at radius 1 is 1.42 bits per heavy atom. The molecule has 0 bridgehead atoms. The van der Waals surface area contributed by atoms with Gasteiger partial charge in [-0.15, -0.1) is 0 Å². The molecule has 106 valence electrons. The van der Waals surface area contributed by atoms with E-state index in [1.165, 1.54) is 25.7 Å². The molecule has 0 amide bonds. The van der Waals surface area contributed by atoms with Gasteiger partial charge in [0.05, 0.1) is 0 Å². The second kappa shape index (κ2) is 5.78. The summed E-state index contributed by atoms with van der Waals surface area (Å²) in [5.74, 6) is 0.606. The average molecular weight is 265 g/mol. The Morgan fingerprint density at radius 3 is 2.58 bits per heavy atom. The third-order valence-corrected chi connectivity index (χ3v) is 4.26. The minimum Gasteiger partial charge on any atom is -0.475 e. The van der Waals surface area contributed by atoms with Crippen molar-refractivity contribution in [2.45, 2.75) is 52.1 Å². The van der Waals surface area contributed by atoms with Gasteiger partial charge in [0.15, 0.2) is 0 Å². The standard InChI is InChI=1S/C15H23NO3/c1-10-4-6-13(7-5-10)16(3)9-12-8-14(15(17)18)19-11(12)2/h8,10,13H,4-7,9H2,1-3H3,(H,17,18). The monoisotopic (exact) mass is 265 g/mol. The normalized spacial score (nSPS) is 23.8. The topological polar surface area (TPSA) is 53.7 Å². The molecule has 1 fully saturated rings. The van der Waals surface area contributed by atoms with E-state index in [-0.39, 0.29) is 5.76 Å². The number of aromatic carboxylic acids is 1. The summed E-state index contributed by atoms with van der Waals surface area (Å²) in [6.07, 6.45) is 5.06. The molecule has 0 unspecified atom stereocenters. The molecule has 4 heteroatoms. The highest BCUT2D eigenvalue weighted by molar-refractivity contribution is 5.84. The summed E-state index contributed by atoms with van der Waals surface area (Å²) < 4.78 is 5.26. The second-order valence-electron chi connectivity index (χ2n) is 5.83. The SMILES string of the molecule is Cc1oc(C(=O)O)cc1CN(C)C1CCC(C)CC1. The van der Waals surface area contributed by atoms with Crippen molar-refractivity contribution >= 4 is 5.97 Å². The van der Waals surface area contributed by atoms with Gasteiger partial charge in [0.25, 0.3) is 0 Å². The summed E-state index contributed by atoms with van der Waals surface area (Å²) >= 11 is 0. The maximum absolute atomic E-state index is 10.9. The highest BCUT2D eigenvalue weighted by atomic mass is 16.4. The van der Waals surface area contributed by atoms with Crippen molar-refractivity contribution in [3.8, 4) is 0 Å². The van der Waals surface area contributed by atoms with Crippen LogP contribution >= 0.6 is 0 Å². The van der Waals surface area contributed by atoms with Crippen LogP contribution in [0, 0.1) is 12.8 Å². The van der Waals surface area contributed by atoms with Gasteiger partial charge in [-0.2, -0.15) is 0 Å². The molecule has 19 heavy (non-hydrogen) atoms. The lowest BCUT2D eigenvalue weighted by Gasteiger charge is -2.33. The number of rotatable bonds is 4. The van der Waals surface area contributed by atoms with Gasteiger partial charge in [-0.3, -0.25) is 4.90 Å². The highest BCUT2D eigenvalue weighted by Crippen LogP contribution is 2.28. The molecule has 1 heterocycles. The largest absolute Gasteiger partial charge is 0.475 e. The Labute approximate surface area is 114 Å². The number of carboxylic acid groups (broad SMARTS) is 1. The minimum atomic E-state index is -0.997. The van der Waals surface area contributed by atoms with E-state index in [0.29, 0.717) is 11.8 Å².